The molecule has 1 aromatic rings. The van der Waals surface area contributed by atoms with Gasteiger partial charge in [-0.25, -0.2) is 0 Å². The van der Waals surface area contributed by atoms with E-state index in [4.69, 9.17) is 4.74 Å². The molecule has 0 aromatic heterocycles. The highest BCUT2D eigenvalue weighted by Crippen LogP contribution is 2.29. The molecule has 0 aliphatic heterocycles. The van der Waals surface area contributed by atoms with Gasteiger partial charge < -0.3 is 4.74 Å². The Morgan fingerprint density at radius 2 is 2.17 bits per heavy atom. The molecule has 0 spiro atoms. The summed E-state index contributed by atoms with van der Waals surface area (Å²) in [6.07, 6.45) is 4.01. The van der Waals surface area contributed by atoms with Crippen LogP contribution in [0.4, 0.5) is 0 Å². The Bertz CT molecular complexity index is 292. The van der Waals surface area contributed by atoms with E-state index in [9.17, 15) is 0 Å². The lowest BCUT2D eigenvalue weighted by molar-refractivity contribution is 0.411. The van der Waals surface area contributed by atoms with E-state index in [2.05, 4.69) is 15.9 Å². The first-order chi connectivity index (χ1) is 5.79. The summed E-state index contributed by atoms with van der Waals surface area (Å²) in [4.78, 5) is 0. The van der Waals surface area contributed by atoms with Crippen LogP contribution in [0.3, 0.4) is 0 Å². The van der Waals surface area contributed by atoms with E-state index in [1.807, 2.05) is 37.3 Å². The van der Waals surface area contributed by atoms with Crippen molar-refractivity contribution in [2.45, 2.75) is 6.92 Å². The average molecular weight is 227 g/mol. The first kappa shape index (κ1) is 9.33. The number of methoxy groups -OCH3 is 1. The second kappa shape index (κ2) is 4.31. The quantitative estimate of drug-likeness (QED) is 0.751. The fourth-order valence-corrected chi connectivity index (χ4v) is 1.60. The van der Waals surface area contributed by atoms with Crippen LogP contribution in [0.25, 0.3) is 6.08 Å². The van der Waals surface area contributed by atoms with Crippen LogP contribution in [0.5, 0.6) is 5.75 Å². The van der Waals surface area contributed by atoms with Crippen LogP contribution in [0.2, 0.25) is 0 Å². The number of hydrogen-bond donors (Lipinski definition) is 0. The molecule has 0 saturated heterocycles. The normalized spacial score (nSPS) is 10.6. The Morgan fingerprint density at radius 1 is 1.42 bits per heavy atom. The van der Waals surface area contributed by atoms with Gasteiger partial charge in [-0.3, -0.25) is 0 Å². The van der Waals surface area contributed by atoms with Gasteiger partial charge in [0.25, 0.3) is 0 Å². The molecule has 0 atom stereocenters. The SMILES string of the molecule is CC=Cc1cccc(Br)c1OC. The molecule has 0 heterocycles. The van der Waals surface area contributed by atoms with Crippen molar-refractivity contribution in [2.75, 3.05) is 7.11 Å². The Labute approximate surface area is 81.2 Å². The number of halogens is 1. The van der Waals surface area contributed by atoms with Crippen LogP contribution < -0.4 is 4.74 Å². The maximum absolute atomic E-state index is 5.23. The maximum atomic E-state index is 5.23. The minimum absolute atomic E-state index is 0.885. The highest BCUT2D eigenvalue weighted by Gasteiger charge is 2.02. The molecule has 1 rings (SSSR count). The highest BCUT2D eigenvalue weighted by molar-refractivity contribution is 9.10. The highest BCUT2D eigenvalue weighted by atomic mass is 79.9. The summed E-state index contributed by atoms with van der Waals surface area (Å²) in [5.41, 5.74) is 1.09. The number of allylic oxidation sites excluding steroid dienone is 1. The minimum atomic E-state index is 0.885. The van der Waals surface area contributed by atoms with E-state index in [-0.39, 0.29) is 0 Å². The summed E-state index contributed by atoms with van der Waals surface area (Å²) in [5.74, 6) is 0.885. The van der Waals surface area contributed by atoms with Gasteiger partial charge in [-0.2, -0.15) is 0 Å². The third kappa shape index (κ3) is 1.89. The Kier molecular flexibility index (Phi) is 3.35. The molecular weight excluding hydrogens is 216 g/mol. The zero-order valence-corrected chi connectivity index (χ0v) is 8.76. The van der Waals surface area contributed by atoms with Gasteiger partial charge in [-0.05, 0) is 28.9 Å². The Balaban J connectivity index is 3.18. The summed E-state index contributed by atoms with van der Waals surface area (Å²) in [5, 5.41) is 0. The number of para-hydroxylation sites is 1. The lowest BCUT2D eigenvalue weighted by atomic mass is 10.2. The molecule has 0 saturated carbocycles. The zero-order valence-electron chi connectivity index (χ0n) is 7.17. The maximum Gasteiger partial charge on any atom is 0.140 e. The number of ether oxygens (including phenoxy) is 1. The first-order valence-electron chi connectivity index (χ1n) is 3.74. The van der Waals surface area contributed by atoms with Gasteiger partial charge in [0.05, 0.1) is 11.6 Å². The number of rotatable bonds is 2. The van der Waals surface area contributed by atoms with Crippen molar-refractivity contribution in [3.8, 4) is 5.75 Å². The van der Waals surface area contributed by atoms with E-state index in [0.29, 0.717) is 0 Å². The predicted octanol–water partition coefficient (Wildman–Crippen LogP) is 3.49. The molecule has 0 radical (unpaired) electrons. The molecule has 0 amide bonds. The van der Waals surface area contributed by atoms with Gasteiger partial charge in [0.2, 0.25) is 0 Å². The van der Waals surface area contributed by atoms with Crippen molar-refractivity contribution < 1.29 is 4.74 Å². The fourth-order valence-electron chi connectivity index (χ4n) is 1.05. The minimum Gasteiger partial charge on any atom is -0.495 e. The molecule has 0 aliphatic rings. The van der Waals surface area contributed by atoms with E-state index >= 15 is 0 Å². The van der Waals surface area contributed by atoms with Gasteiger partial charge in [0.1, 0.15) is 5.75 Å². The lowest BCUT2D eigenvalue weighted by Crippen LogP contribution is -1.87. The summed E-state index contributed by atoms with van der Waals surface area (Å²) in [7, 11) is 1.67. The topological polar surface area (TPSA) is 9.23 Å². The monoisotopic (exact) mass is 226 g/mol. The van der Waals surface area contributed by atoms with Crippen molar-refractivity contribution in [3.63, 3.8) is 0 Å². The molecular formula is C10H11BrO. The van der Waals surface area contributed by atoms with Crippen molar-refractivity contribution in [1.82, 2.24) is 0 Å². The Hall–Kier alpha value is -0.760. The molecule has 0 N–H and O–H groups in total. The second-order valence-electron chi connectivity index (χ2n) is 2.36. The van der Waals surface area contributed by atoms with Crippen LogP contribution in [-0.4, -0.2) is 7.11 Å². The molecule has 1 nitrogen and oxygen atoms in total. The third-order valence-corrected chi connectivity index (χ3v) is 2.17. The van der Waals surface area contributed by atoms with Crippen LogP contribution in [0.1, 0.15) is 12.5 Å². The predicted molar refractivity (Wildman–Crippen MR) is 55.4 cm³/mol. The first-order valence-corrected chi connectivity index (χ1v) is 4.54. The standard InChI is InChI=1S/C10H11BrO/c1-3-5-8-6-4-7-9(11)10(8)12-2/h3-7H,1-2H3. The van der Waals surface area contributed by atoms with E-state index in [1.165, 1.54) is 0 Å². The van der Waals surface area contributed by atoms with E-state index in [1.54, 1.807) is 7.11 Å². The summed E-state index contributed by atoms with van der Waals surface area (Å²) in [6, 6.07) is 5.97. The summed E-state index contributed by atoms with van der Waals surface area (Å²) in [6.45, 7) is 1.99. The largest absolute Gasteiger partial charge is 0.495 e. The van der Waals surface area contributed by atoms with Crippen molar-refractivity contribution >= 4 is 22.0 Å². The average Bonchev–Trinajstić information content (AvgIpc) is 2.05. The van der Waals surface area contributed by atoms with Crippen molar-refractivity contribution in [1.29, 1.82) is 0 Å². The molecule has 0 fully saturated rings. The smallest absolute Gasteiger partial charge is 0.140 e. The molecule has 1 aromatic carbocycles. The van der Waals surface area contributed by atoms with Gasteiger partial charge >= 0.3 is 0 Å². The fraction of sp³-hybridized carbons (Fsp3) is 0.200. The van der Waals surface area contributed by atoms with E-state index in [0.717, 1.165) is 15.8 Å². The van der Waals surface area contributed by atoms with Gasteiger partial charge in [0, 0.05) is 5.56 Å². The van der Waals surface area contributed by atoms with Crippen molar-refractivity contribution in [3.05, 3.63) is 34.3 Å². The molecule has 0 bridgehead atoms. The third-order valence-electron chi connectivity index (χ3n) is 1.55. The molecule has 64 valence electrons. The lowest BCUT2D eigenvalue weighted by Gasteiger charge is -2.05. The molecule has 2 heteroatoms. The zero-order chi connectivity index (χ0) is 8.97. The van der Waals surface area contributed by atoms with Gasteiger partial charge in [0.15, 0.2) is 0 Å². The Morgan fingerprint density at radius 3 is 2.75 bits per heavy atom. The number of benzene rings is 1. The molecule has 0 aliphatic carbocycles. The van der Waals surface area contributed by atoms with Gasteiger partial charge in [-0.15, -0.1) is 0 Å². The van der Waals surface area contributed by atoms with Crippen LogP contribution in [-0.2, 0) is 0 Å². The summed E-state index contributed by atoms with van der Waals surface area (Å²) < 4.78 is 6.22. The van der Waals surface area contributed by atoms with Crippen LogP contribution in [0.15, 0.2) is 28.7 Å². The summed E-state index contributed by atoms with van der Waals surface area (Å²) >= 11 is 3.42. The number of hydrogen-bond acceptors (Lipinski definition) is 1. The van der Waals surface area contributed by atoms with Gasteiger partial charge in [-0.1, -0.05) is 24.3 Å². The molecule has 12 heavy (non-hydrogen) atoms. The molecule has 0 unspecified atom stereocenters. The van der Waals surface area contributed by atoms with E-state index < -0.39 is 0 Å². The van der Waals surface area contributed by atoms with Crippen LogP contribution >= 0.6 is 15.9 Å². The second-order valence-corrected chi connectivity index (χ2v) is 3.22. The van der Waals surface area contributed by atoms with Crippen LogP contribution in [0, 0.1) is 0 Å². The van der Waals surface area contributed by atoms with Crippen molar-refractivity contribution in [2.24, 2.45) is 0 Å².